The predicted octanol–water partition coefficient (Wildman–Crippen LogP) is 4.04. The van der Waals surface area contributed by atoms with Crippen LogP contribution in [0.15, 0.2) is 45.4 Å². The third-order valence-corrected chi connectivity index (χ3v) is 7.42. The van der Waals surface area contributed by atoms with Gasteiger partial charge in [-0.3, -0.25) is 9.69 Å². The summed E-state index contributed by atoms with van der Waals surface area (Å²) < 4.78 is 5.25. The van der Waals surface area contributed by atoms with Gasteiger partial charge in [0.05, 0.1) is 11.3 Å². The molecule has 30 heavy (non-hydrogen) atoms. The smallest absolute Gasteiger partial charge is 0.256 e. The van der Waals surface area contributed by atoms with Crippen molar-refractivity contribution in [3.05, 3.63) is 63.3 Å². The second kappa shape index (κ2) is 9.76. The van der Waals surface area contributed by atoms with E-state index in [1.54, 1.807) is 18.0 Å². The van der Waals surface area contributed by atoms with E-state index in [1.165, 1.54) is 4.88 Å². The van der Waals surface area contributed by atoms with E-state index in [-0.39, 0.29) is 5.91 Å². The fraction of sp³-hybridized carbons (Fsp3) is 0.409. The summed E-state index contributed by atoms with van der Waals surface area (Å²) in [5, 5.41) is 6.90. The standard InChI is InChI=1S/C22H26N4O2S2/c1-16-20(17(2)28-24-16)15-30-21-19(6-3-8-23-21)22(27)26-12-10-25(11-13-26)9-7-18-5-4-14-29-18/h3-6,8,14H,7,9-13,15H2,1-2H3. The van der Waals surface area contributed by atoms with Gasteiger partial charge in [0.1, 0.15) is 10.8 Å². The summed E-state index contributed by atoms with van der Waals surface area (Å²) >= 11 is 3.38. The Morgan fingerprint density at radius 2 is 2.03 bits per heavy atom. The average molecular weight is 443 g/mol. The summed E-state index contributed by atoms with van der Waals surface area (Å²) in [5.74, 6) is 1.58. The average Bonchev–Trinajstić information content (AvgIpc) is 3.41. The molecule has 0 radical (unpaired) electrons. The molecular weight excluding hydrogens is 416 g/mol. The van der Waals surface area contributed by atoms with Crippen molar-refractivity contribution in [2.75, 3.05) is 32.7 Å². The van der Waals surface area contributed by atoms with E-state index in [4.69, 9.17) is 4.52 Å². The number of pyridine rings is 1. The van der Waals surface area contributed by atoms with Crippen molar-refractivity contribution >= 4 is 29.0 Å². The summed E-state index contributed by atoms with van der Waals surface area (Å²) in [7, 11) is 0. The maximum atomic E-state index is 13.2. The van der Waals surface area contributed by atoms with Crippen molar-refractivity contribution in [1.29, 1.82) is 0 Å². The Balaban J connectivity index is 1.34. The first-order chi connectivity index (χ1) is 14.6. The van der Waals surface area contributed by atoms with E-state index in [0.717, 1.165) is 61.2 Å². The van der Waals surface area contributed by atoms with Gasteiger partial charge >= 0.3 is 0 Å². The normalized spacial score (nSPS) is 14.9. The number of carbonyl (C=O) groups excluding carboxylic acids is 1. The molecule has 8 heteroatoms. The molecule has 0 aliphatic carbocycles. The van der Waals surface area contributed by atoms with Crippen molar-refractivity contribution in [2.45, 2.75) is 31.0 Å². The van der Waals surface area contributed by atoms with Gasteiger partial charge in [0, 0.05) is 55.1 Å². The molecule has 3 aromatic rings. The molecule has 0 N–H and O–H groups in total. The van der Waals surface area contributed by atoms with Crippen molar-refractivity contribution in [1.82, 2.24) is 19.9 Å². The summed E-state index contributed by atoms with van der Waals surface area (Å²) in [6.07, 6.45) is 2.83. The third kappa shape index (κ3) is 4.94. The summed E-state index contributed by atoms with van der Waals surface area (Å²) in [6, 6.07) is 8.01. The van der Waals surface area contributed by atoms with E-state index < -0.39 is 0 Å². The number of amides is 1. The van der Waals surface area contributed by atoms with Crippen LogP contribution in [-0.4, -0.2) is 58.6 Å². The molecule has 1 fully saturated rings. The highest BCUT2D eigenvalue weighted by molar-refractivity contribution is 7.98. The molecule has 0 bridgehead atoms. The molecular formula is C22H26N4O2S2. The lowest BCUT2D eigenvalue weighted by Gasteiger charge is -2.34. The molecule has 1 aliphatic heterocycles. The molecule has 4 rings (SSSR count). The van der Waals surface area contributed by atoms with Crippen LogP contribution < -0.4 is 0 Å². The van der Waals surface area contributed by atoms with Gasteiger partial charge in [0.25, 0.3) is 5.91 Å². The quantitative estimate of drug-likeness (QED) is 0.515. The molecule has 1 saturated heterocycles. The van der Waals surface area contributed by atoms with Crippen LogP contribution >= 0.6 is 23.1 Å². The fourth-order valence-corrected chi connectivity index (χ4v) is 5.42. The highest BCUT2D eigenvalue weighted by Crippen LogP contribution is 2.28. The van der Waals surface area contributed by atoms with Crippen molar-refractivity contribution < 1.29 is 9.32 Å². The number of hydrogen-bond donors (Lipinski definition) is 0. The van der Waals surface area contributed by atoms with Gasteiger partial charge in [-0.25, -0.2) is 4.98 Å². The maximum Gasteiger partial charge on any atom is 0.256 e. The Bertz CT molecular complexity index is 959. The fourth-order valence-electron chi connectivity index (χ4n) is 3.59. The van der Waals surface area contributed by atoms with Crippen LogP contribution in [0.4, 0.5) is 0 Å². The van der Waals surface area contributed by atoms with Gasteiger partial charge < -0.3 is 9.42 Å². The number of hydrogen-bond acceptors (Lipinski definition) is 7. The van der Waals surface area contributed by atoms with Crippen LogP contribution in [0.25, 0.3) is 0 Å². The molecule has 0 unspecified atom stereocenters. The van der Waals surface area contributed by atoms with Crippen molar-refractivity contribution in [2.24, 2.45) is 0 Å². The van der Waals surface area contributed by atoms with Gasteiger partial charge in [-0.2, -0.15) is 0 Å². The first-order valence-corrected chi connectivity index (χ1v) is 12.0. The molecule has 4 heterocycles. The maximum absolute atomic E-state index is 13.2. The number of piperazine rings is 1. The van der Waals surface area contributed by atoms with E-state index in [9.17, 15) is 4.79 Å². The number of aromatic nitrogens is 2. The Labute approximate surface area is 185 Å². The predicted molar refractivity (Wildman–Crippen MR) is 120 cm³/mol. The van der Waals surface area contributed by atoms with Gasteiger partial charge in [-0.05, 0) is 43.8 Å². The van der Waals surface area contributed by atoms with Gasteiger partial charge in [-0.1, -0.05) is 11.2 Å². The molecule has 0 saturated carbocycles. The highest BCUT2D eigenvalue weighted by atomic mass is 32.2. The molecule has 3 aromatic heterocycles. The van der Waals surface area contributed by atoms with Gasteiger partial charge in [0.2, 0.25) is 0 Å². The molecule has 1 aliphatic rings. The van der Waals surface area contributed by atoms with Crippen LogP contribution in [0.3, 0.4) is 0 Å². The zero-order valence-electron chi connectivity index (χ0n) is 17.3. The minimum Gasteiger partial charge on any atom is -0.361 e. The number of thioether (sulfide) groups is 1. The summed E-state index contributed by atoms with van der Waals surface area (Å²) in [4.78, 5) is 23.5. The van der Waals surface area contributed by atoms with E-state index in [2.05, 4.69) is 32.6 Å². The van der Waals surface area contributed by atoms with E-state index in [0.29, 0.717) is 11.3 Å². The second-order valence-electron chi connectivity index (χ2n) is 7.41. The zero-order chi connectivity index (χ0) is 20.9. The molecule has 0 atom stereocenters. The number of thiophene rings is 1. The first-order valence-electron chi connectivity index (χ1n) is 10.2. The Hall–Kier alpha value is -2.16. The van der Waals surface area contributed by atoms with Crippen LogP contribution in [0.5, 0.6) is 0 Å². The van der Waals surface area contributed by atoms with Crippen LogP contribution in [0.1, 0.15) is 32.3 Å². The minimum absolute atomic E-state index is 0.0715. The van der Waals surface area contributed by atoms with E-state index in [1.807, 2.05) is 42.2 Å². The number of rotatable bonds is 7. The zero-order valence-corrected chi connectivity index (χ0v) is 19.0. The number of carbonyl (C=O) groups is 1. The van der Waals surface area contributed by atoms with Crippen molar-refractivity contribution in [3.63, 3.8) is 0 Å². The minimum atomic E-state index is 0.0715. The molecule has 1 amide bonds. The number of nitrogens with zero attached hydrogens (tertiary/aromatic N) is 4. The third-order valence-electron chi connectivity index (χ3n) is 5.45. The summed E-state index contributed by atoms with van der Waals surface area (Å²) in [5.41, 5.74) is 2.65. The monoisotopic (exact) mass is 442 g/mol. The Kier molecular flexibility index (Phi) is 6.86. The van der Waals surface area contributed by atoms with Crippen LogP contribution in [0, 0.1) is 13.8 Å². The van der Waals surface area contributed by atoms with Crippen LogP contribution in [-0.2, 0) is 12.2 Å². The molecule has 0 spiro atoms. The van der Waals surface area contributed by atoms with Crippen molar-refractivity contribution in [3.8, 4) is 0 Å². The summed E-state index contributed by atoms with van der Waals surface area (Å²) in [6.45, 7) is 8.25. The lowest BCUT2D eigenvalue weighted by molar-refractivity contribution is 0.0634. The first kappa shape index (κ1) is 21.1. The lowest BCUT2D eigenvalue weighted by atomic mass is 10.2. The molecule has 158 valence electrons. The molecule has 0 aromatic carbocycles. The molecule has 6 nitrogen and oxygen atoms in total. The number of aryl methyl sites for hydroxylation is 2. The van der Waals surface area contributed by atoms with Gasteiger partial charge in [-0.15, -0.1) is 23.1 Å². The SMILES string of the molecule is Cc1noc(C)c1CSc1ncccc1C(=O)N1CCN(CCc2cccs2)CC1. The van der Waals surface area contributed by atoms with E-state index >= 15 is 0 Å². The lowest BCUT2D eigenvalue weighted by Crippen LogP contribution is -2.49. The Morgan fingerprint density at radius 1 is 1.20 bits per heavy atom. The highest BCUT2D eigenvalue weighted by Gasteiger charge is 2.24. The Morgan fingerprint density at radius 3 is 2.73 bits per heavy atom. The van der Waals surface area contributed by atoms with Gasteiger partial charge in [0.15, 0.2) is 0 Å². The van der Waals surface area contributed by atoms with Crippen LogP contribution in [0.2, 0.25) is 0 Å². The largest absolute Gasteiger partial charge is 0.361 e. The topological polar surface area (TPSA) is 62.5 Å². The second-order valence-corrected chi connectivity index (χ2v) is 9.41.